The number of benzene rings is 1. The number of nitrogens with zero attached hydrogens (tertiary/aromatic N) is 1. The predicted molar refractivity (Wildman–Crippen MR) is 92.9 cm³/mol. The van der Waals surface area contributed by atoms with Gasteiger partial charge in [-0.15, -0.1) is 0 Å². The van der Waals surface area contributed by atoms with E-state index in [1.165, 1.54) is 0 Å². The second kappa shape index (κ2) is 9.98. The first kappa shape index (κ1) is 19.1. The van der Waals surface area contributed by atoms with Gasteiger partial charge in [0.05, 0.1) is 6.61 Å². The molecule has 0 spiro atoms. The third kappa shape index (κ3) is 7.77. The summed E-state index contributed by atoms with van der Waals surface area (Å²) in [5.41, 5.74) is 0. The van der Waals surface area contributed by atoms with Crippen molar-refractivity contribution < 1.29 is 14.3 Å². The molecule has 5 heteroatoms. The van der Waals surface area contributed by atoms with Crippen LogP contribution < -0.4 is 14.8 Å². The van der Waals surface area contributed by atoms with Crippen LogP contribution in [0.3, 0.4) is 0 Å². The SMILES string of the molecule is CCOc1ccc(OCNC(=O)N(CC(C)C)CC(C)C)cc1. The predicted octanol–water partition coefficient (Wildman–Crippen LogP) is 3.75. The van der Waals surface area contributed by atoms with E-state index in [9.17, 15) is 4.79 Å². The molecule has 0 aromatic heterocycles. The van der Waals surface area contributed by atoms with Crippen molar-refractivity contribution in [1.29, 1.82) is 0 Å². The Balaban J connectivity index is 2.43. The third-order valence-corrected chi connectivity index (χ3v) is 3.06. The molecule has 1 N–H and O–H groups in total. The maximum atomic E-state index is 12.3. The molecule has 0 fully saturated rings. The smallest absolute Gasteiger partial charge is 0.320 e. The van der Waals surface area contributed by atoms with Crippen LogP contribution in [-0.4, -0.2) is 37.4 Å². The molecule has 0 saturated heterocycles. The van der Waals surface area contributed by atoms with Gasteiger partial charge in [0.15, 0.2) is 6.73 Å². The van der Waals surface area contributed by atoms with E-state index >= 15 is 0 Å². The Hall–Kier alpha value is -1.91. The van der Waals surface area contributed by atoms with Crippen molar-refractivity contribution in [1.82, 2.24) is 10.2 Å². The van der Waals surface area contributed by atoms with Gasteiger partial charge in [-0.2, -0.15) is 0 Å². The van der Waals surface area contributed by atoms with Crippen molar-refractivity contribution in [2.45, 2.75) is 34.6 Å². The number of amides is 2. The van der Waals surface area contributed by atoms with Crippen LogP contribution in [0.25, 0.3) is 0 Å². The zero-order valence-electron chi connectivity index (χ0n) is 15.0. The van der Waals surface area contributed by atoms with Crippen molar-refractivity contribution in [3.63, 3.8) is 0 Å². The fourth-order valence-electron chi connectivity index (χ4n) is 2.21. The maximum absolute atomic E-state index is 12.3. The molecule has 2 amide bonds. The second-order valence-electron chi connectivity index (χ2n) is 6.37. The number of hydrogen-bond donors (Lipinski definition) is 1. The highest BCUT2D eigenvalue weighted by Gasteiger charge is 2.15. The molecular weight excluding hydrogens is 292 g/mol. The topological polar surface area (TPSA) is 50.8 Å². The quantitative estimate of drug-likeness (QED) is 0.705. The third-order valence-electron chi connectivity index (χ3n) is 3.06. The highest BCUT2D eigenvalue weighted by molar-refractivity contribution is 5.74. The molecule has 0 unspecified atom stereocenters. The van der Waals surface area contributed by atoms with Crippen LogP contribution in [0.15, 0.2) is 24.3 Å². The van der Waals surface area contributed by atoms with Crippen LogP contribution in [0.2, 0.25) is 0 Å². The summed E-state index contributed by atoms with van der Waals surface area (Å²) in [6.07, 6.45) is 0. The number of rotatable bonds is 9. The first-order valence-corrected chi connectivity index (χ1v) is 8.30. The number of carbonyl (C=O) groups is 1. The standard InChI is InChI=1S/C18H30N2O3/c1-6-22-16-7-9-17(10-8-16)23-13-19-18(21)20(11-14(2)3)12-15(4)5/h7-10,14-15H,6,11-13H2,1-5H3,(H,19,21). The van der Waals surface area contributed by atoms with Gasteiger partial charge >= 0.3 is 6.03 Å². The largest absolute Gasteiger partial charge is 0.494 e. The Bertz CT molecular complexity index is 448. The molecule has 0 aliphatic carbocycles. The minimum Gasteiger partial charge on any atom is -0.494 e. The maximum Gasteiger partial charge on any atom is 0.320 e. The Morgan fingerprint density at radius 2 is 1.48 bits per heavy atom. The number of ether oxygens (including phenoxy) is 2. The summed E-state index contributed by atoms with van der Waals surface area (Å²) in [5.74, 6) is 2.38. The van der Waals surface area contributed by atoms with Gasteiger partial charge in [-0.05, 0) is 43.0 Å². The fraction of sp³-hybridized carbons (Fsp3) is 0.611. The lowest BCUT2D eigenvalue weighted by Gasteiger charge is -2.26. The molecule has 130 valence electrons. The van der Waals surface area contributed by atoms with E-state index in [-0.39, 0.29) is 12.8 Å². The first-order valence-electron chi connectivity index (χ1n) is 8.30. The highest BCUT2D eigenvalue weighted by Crippen LogP contribution is 2.17. The van der Waals surface area contributed by atoms with Gasteiger partial charge < -0.3 is 19.7 Å². The van der Waals surface area contributed by atoms with Gasteiger partial charge in [-0.3, -0.25) is 0 Å². The fourth-order valence-corrected chi connectivity index (χ4v) is 2.21. The minimum atomic E-state index is -0.0849. The molecule has 0 radical (unpaired) electrons. The van der Waals surface area contributed by atoms with E-state index in [1.807, 2.05) is 36.1 Å². The number of carbonyl (C=O) groups excluding carboxylic acids is 1. The molecule has 0 saturated carbocycles. The van der Waals surface area contributed by atoms with Gasteiger partial charge in [0.2, 0.25) is 0 Å². The van der Waals surface area contributed by atoms with E-state index in [0.717, 1.165) is 18.8 Å². The van der Waals surface area contributed by atoms with E-state index in [2.05, 4.69) is 33.0 Å². The summed E-state index contributed by atoms with van der Waals surface area (Å²) in [6, 6.07) is 7.28. The van der Waals surface area contributed by atoms with Crippen LogP contribution >= 0.6 is 0 Å². The summed E-state index contributed by atoms with van der Waals surface area (Å²) in [4.78, 5) is 14.1. The average molecular weight is 322 g/mol. The lowest BCUT2D eigenvalue weighted by atomic mass is 10.1. The van der Waals surface area contributed by atoms with Crippen molar-refractivity contribution >= 4 is 6.03 Å². The molecule has 0 aliphatic heterocycles. The van der Waals surface area contributed by atoms with Crippen LogP contribution in [-0.2, 0) is 0 Å². The zero-order valence-corrected chi connectivity index (χ0v) is 15.0. The van der Waals surface area contributed by atoms with Crippen LogP contribution in [0.1, 0.15) is 34.6 Å². The molecule has 0 aliphatic rings. The molecule has 5 nitrogen and oxygen atoms in total. The van der Waals surface area contributed by atoms with Gasteiger partial charge in [0.1, 0.15) is 11.5 Å². The van der Waals surface area contributed by atoms with Crippen molar-refractivity contribution in [3.05, 3.63) is 24.3 Å². The van der Waals surface area contributed by atoms with Gasteiger partial charge in [-0.1, -0.05) is 27.7 Å². The van der Waals surface area contributed by atoms with Gasteiger partial charge in [0.25, 0.3) is 0 Å². The molecule has 1 aromatic carbocycles. The van der Waals surface area contributed by atoms with Crippen LogP contribution in [0.4, 0.5) is 4.79 Å². The molecule has 0 atom stereocenters. The molecule has 1 rings (SSSR count). The monoisotopic (exact) mass is 322 g/mol. The summed E-state index contributed by atoms with van der Waals surface area (Å²) in [7, 11) is 0. The molecule has 0 heterocycles. The Kier molecular flexibility index (Phi) is 8.30. The Morgan fingerprint density at radius 1 is 1.00 bits per heavy atom. The van der Waals surface area contributed by atoms with E-state index in [0.29, 0.717) is 24.2 Å². The number of nitrogens with one attached hydrogen (secondary N) is 1. The lowest BCUT2D eigenvalue weighted by molar-refractivity contribution is 0.171. The van der Waals surface area contributed by atoms with Crippen molar-refractivity contribution in [2.75, 3.05) is 26.4 Å². The molecule has 0 bridgehead atoms. The van der Waals surface area contributed by atoms with Crippen molar-refractivity contribution in [2.24, 2.45) is 11.8 Å². The first-order chi connectivity index (χ1) is 10.9. The molecule has 23 heavy (non-hydrogen) atoms. The summed E-state index contributed by atoms with van der Waals surface area (Å²) in [5, 5.41) is 2.82. The van der Waals surface area contributed by atoms with Crippen LogP contribution in [0.5, 0.6) is 11.5 Å². The highest BCUT2D eigenvalue weighted by atomic mass is 16.5. The average Bonchev–Trinajstić information content (AvgIpc) is 2.47. The summed E-state index contributed by atoms with van der Waals surface area (Å²) >= 11 is 0. The molecular formula is C18H30N2O3. The Labute approximate surface area is 140 Å². The summed E-state index contributed by atoms with van der Waals surface area (Å²) < 4.78 is 10.9. The van der Waals surface area contributed by atoms with E-state index < -0.39 is 0 Å². The van der Waals surface area contributed by atoms with E-state index in [1.54, 1.807) is 0 Å². The van der Waals surface area contributed by atoms with Crippen LogP contribution in [0, 0.1) is 11.8 Å². The summed E-state index contributed by atoms with van der Waals surface area (Å²) in [6.45, 7) is 12.7. The van der Waals surface area contributed by atoms with Gasteiger partial charge in [-0.25, -0.2) is 4.79 Å². The number of urea groups is 1. The minimum absolute atomic E-state index is 0.0849. The van der Waals surface area contributed by atoms with Crippen molar-refractivity contribution in [3.8, 4) is 11.5 Å². The second-order valence-corrected chi connectivity index (χ2v) is 6.37. The van der Waals surface area contributed by atoms with Gasteiger partial charge in [0, 0.05) is 13.1 Å². The normalized spacial score (nSPS) is 10.7. The molecule has 1 aromatic rings. The zero-order chi connectivity index (χ0) is 17.2. The van der Waals surface area contributed by atoms with E-state index in [4.69, 9.17) is 9.47 Å². The lowest BCUT2D eigenvalue weighted by Crippen LogP contribution is -2.44. The number of hydrogen-bond acceptors (Lipinski definition) is 3. The Morgan fingerprint density at radius 3 is 1.91 bits per heavy atom.